The molecule has 22 heavy (non-hydrogen) atoms. The zero-order valence-corrected chi connectivity index (χ0v) is 11.4. The highest BCUT2D eigenvalue weighted by Crippen LogP contribution is 2.35. The standard InChI is InChI=1S/C15H11FN2O4/c16-12-4-2-1-3-11(12)15(19)17-7-8-22-14-6-5-10(18(20)21)9-13(14)17/h1-6,9H,7-8H2. The number of non-ortho nitro benzene ring substituents is 1. The molecular weight excluding hydrogens is 291 g/mol. The molecule has 0 saturated carbocycles. The van der Waals surface area contributed by atoms with E-state index in [2.05, 4.69) is 0 Å². The van der Waals surface area contributed by atoms with Crippen molar-refractivity contribution < 1.29 is 18.8 Å². The van der Waals surface area contributed by atoms with E-state index in [1.54, 1.807) is 6.07 Å². The van der Waals surface area contributed by atoms with E-state index in [0.29, 0.717) is 5.75 Å². The molecule has 3 rings (SSSR count). The lowest BCUT2D eigenvalue weighted by Crippen LogP contribution is -2.38. The van der Waals surface area contributed by atoms with Crippen molar-refractivity contribution in [3.05, 3.63) is 64.0 Å². The van der Waals surface area contributed by atoms with Gasteiger partial charge in [-0.25, -0.2) is 4.39 Å². The van der Waals surface area contributed by atoms with Gasteiger partial charge in [-0.2, -0.15) is 0 Å². The summed E-state index contributed by atoms with van der Waals surface area (Å²) in [5.74, 6) is -0.823. The Hall–Kier alpha value is -2.96. The van der Waals surface area contributed by atoms with Gasteiger partial charge < -0.3 is 9.64 Å². The van der Waals surface area contributed by atoms with Gasteiger partial charge in [0.05, 0.1) is 22.7 Å². The number of anilines is 1. The smallest absolute Gasteiger partial charge is 0.271 e. The van der Waals surface area contributed by atoms with Crippen LogP contribution in [0.15, 0.2) is 42.5 Å². The molecule has 1 aliphatic heterocycles. The number of nitro benzene ring substituents is 1. The lowest BCUT2D eigenvalue weighted by Gasteiger charge is -2.29. The molecular formula is C15H11FN2O4. The maximum Gasteiger partial charge on any atom is 0.271 e. The second-order valence-electron chi connectivity index (χ2n) is 4.69. The molecule has 0 aromatic heterocycles. The van der Waals surface area contributed by atoms with Crippen LogP contribution in [-0.4, -0.2) is 24.0 Å². The molecule has 0 fully saturated rings. The van der Waals surface area contributed by atoms with Gasteiger partial charge in [0.25, 0.3) is 11.6 Å². The molecule has 0 N–H and O–H groups in total. The van der Waals surface area contributed by atoms with Crippen LogP contribution >= 0.6 is 0 Å². The number of ether oxygens (including phenoxy) is 1. The van der Waals surface area contributed by atoms with E-state index in [4.69, 9.17) is 4.74 Å². The number of carbonyl (C=O) groups is 1. The summed E-state index contributed by atoms with van der Waals surface area (Å²) in [7, 11) is 0. The van der Waals surface area contributed by atoms with Crippen molar-refractivity contribution in [2.45, 2.75) is 0 Å². The highest BCUT2D eigenvalue weighted by Gasteiger charge is 2.28. The first-order valence-corrected chi connectivity index (χ1v) is 6.55. The fraction of sp³-hybridized carbons (Fsp3) is 0.133. The summed E-state index contributed by atoms with van der Waals surface area (Å²) in [5, 5.41) is 10.9. The van der Waals surface area contributed by atoms with E-state index in [9.17, 15) is 19.3 Å². The van der Waals surface area contributed by atoms with Crippen LogP contribution in [0, 0.1) is 15.9 Å². The zero-order valence-electron chi connectivity index (χ0n) is 11.4. The second kappa shape index (κ2) is 5.44. The number of nitro groups is 1. The van der Waals surface area contributed by atoms with E-state index in [0.717, 1.165) is 0 Å². The fourth-order valence-corrected chi connectivity index (χ4v) is 2.31. The molecule has 7 heteroatoms. The quantitative estimate of drug-likeness (QED) is 0.631. The minimum absolute atomic E-state index is 0.0816. The summed E-state index contributed by atoms with van der Waals surface area (Å²) in [5.41, 5.74) is 0.0335. The van der Waals surface area contributed by atoms with Gasteiger partial charge in [-0.1, -0.05) is 12.1 Å². The van der Waals surface area contributed by atoms with Crippen molar-refractivity contribution in [1.29, 1.82) is 0 Å². The molecule has 0 spiro atoms. The maximum absolute atomic E-state index is 13.8. The Morgan fingerprint density at radius 1 is 1.27 bits per heavy atom. The number of fused-ring (bicyclic) bond motifs is 1. The normalized spacial score (nSPS) is 13.2. The van der Waals surface area contributed by atoms with Crippen molar-refractivity contribution in [3.63, 3.8) is 0 Å². The molecule has 0 bridgehead atoms. The molecule has 2 aromatic carbocycles. The van der Waals surface area contributed by atoms with Gasteiger partial charge in [0.1, 0.15) is 18.2 Å². The molecule has 2 aromatic rings. The predicted molar refractivity (Wildman–Crippen MR) is 76.7 cm³/mol. The molecule has 0 radical (unpaired) electrons. The zero-order chi connectivity index (χ0) is 15.7. The van der Waals surface area contributed by atoms with E-state index in [-0.39, 0.29) is 30.1 Å². The molecule has 0 aliphatic carbocycles. The molecule has 0 saturated heterocycles. The summed E-state index contributed by atoms with van der Waals surface area (Å²) in [4.78, 5) is 24.2. The van der Waals surface area contributed by atoms with Gasteiger partial charge in [-0.3, -0.25) is 14.9 Å². The molecule has 1 aliphatic rings. The van der Waals surface area contributed by atoms with E-state index in [1.165, 1.54) is 41.3 Å². The number of rotatable bonds is 2. The first-order chi connectivity index (χ1) is 10.6. The van der Waals surface area contributed by atoms with Crippen LogP contribution in [0.1, 0.15) is 10.4 Å². The number of nitrogens with zero attached hydrogens (tertiary/aromatic N) is 2. The summed E-state index contributed by atoms with van der Waals surface area (Å²) in [6.45, 7) is 0.437. The van der Waals surface area contributed by atoms with Gasteiger partial charge in [-0.05, 0) is 18.2 Å². The van der Waals surface area contributed by atoms with Crippen molar-refractivity contribution >= 4 is 17.3 Å². The summed E-state index contributed by atoms with van der Waals surface area (Å²) in [6, 6.07) is 9.62. The third kappa shape index (κ3) is 2.37. The van der Waals surface area contributed by atoms with E-state index < -0.39 is 16.6 Å². The summed E-state index contributed by atoms with van der Waals surface area (Å²) in [6.07, 6.45) is 0. The van der Waals surface area contributed by atoms with Gasteiger partial charge in [0.2, 0.25) is 0 Å². The Morgan fingerprint density at radius 2 is 2.05 bits per heavy atom. The number of carbonyl (C=O) groups excluding carboxylic acids is 1. The topological polar surface area (TPSA) is 72.7 Å². The molecule has 1 heterocycles. The SMILES string of the molecule is O=C(c1ccccc1F)N1CCOc2ccc([N+](=O)[O-])cc21. The number of hydrogen-bond donors (Lipinski definition) is 0. The van der Waals surface area contributed by atoms with Crippen molar-refractivity contribution in [1.82, 2.24) is 0 Å². The number of hydrogen-bond acceptors (Lipinski definition) is 4. The first kappa shape index (κ1) is 14.0. The Balaban J connectivity index is 2.04. The minimum Gasteiger partial charge on any atom is -0.490 e. The Labute approximate surface area is 124 Å². The monoisotopic (exact) mass is 302 g/mol. The second-order valence-corrected chi connectivity index (χ2v) is 4.69. The van der Waals surface area contributed by atoms with Crippen LogP contribution in [-0.2, 0) is 0 Å². The van der Waals surface area contributed by atoms with Gasteiger partial charge >= 0.3 is 0 Å². The number of benzene rings is 2. The Kier molecular flexibility index (Phi) is 3.46. The van der Waals surface area contributed by atoms with Crippen LogP contribution in [0.5, 0.6) is 5.75 Å². The number of amides is 1. The lowest BCUT2D eigenvalue weighted by atomic mass is 10.1. The van der Waals surface area contributed by atoms with E-state index >= 15 is 0 Å². The van der Waals surface area contributed by atoms with Crippen LogP contribution in [0.4, 0.5) is 15.8 Å². The van der Waals surface area contributed by atoms with Gasteiger partial charge in [0, 0.05) is 12.1 Å². The largest absolute Gasteiger partial charge is 0.490 e. The average Bonchev–Trinajstić information content (AvgIpc) is 2.53. The van der Waals surface area contributed by atoms with E-state index in [1.807, 2.05) is 0 Å². The number of halogens is 1. The molecule has 1 amide bonds. The summed E-state index contributed by atoms with van der Waals surface area (Å²) >= 11 is 0. The Morgan fingerprint density at radius 3 is 2.77 bits per heavy atom. The minimum atomic E-state index is -0.633. The van der Waals surface area contributed by atoms with Crippen molar-refractivity contribution in [2.75, 3.05) is 18.1 Å². The lowest BCUT2D eigenvalue weighted by molar-refractivity contribution is -0.384. The fourth-order valence-electron chi connectivity index (χ4n) is 2.31. The highest BCUT2D eigenvalue weighted by molar-refractivity contribution is 6.07. The van der Waals surface area contributed by atoms with Gasteiger partial charge in [0.15, 0.2) is 0 Å². The van der Waals surface area contributed by atoms with Crippen molar-refractivity contribution in [2.24, 2.45) is 0 Å². The average molecular weight is 302 g/mol. The van der Waals surface area contributed by atoms with Crippen LogP contribution in [0.25, 0.3) is 0 Å². The predicted octanol–water partition coefficient (Wildman–Crippen LogP) is 2.77. The molecule has 0 unspecified atom stereocenters. The molecule has 0 atom stereocenters. The molecule has 6 nitrogen and oxygen atoms in total. The van der Waals surface area contributed by atoms with Crippen LogP contribution in [0.3, 0.4) is 0 Å². The molecule has 112 valence electrons. The van der Waals surface area contributed by atoms with Gasteiger partial charge in [-0.15, -0.1) is 0 Å². The van der Waals surface area contributed by atoms with Crippen molar-refractivity contribution in [3.8, 4) is 5.75 Å². The third-order valence-corrected chi connectivity index (χ3v) is 3.37. The highest BCUT2D eigenvalue weighted by atomic mass is 19.1. The summed E-state index contributed by atoms with van der Waals surface area (Å²) < 4.78 is 19.2. The first-order valence-electron chi connectivity index (χ1n) is 6.55. The Bertz CT molecular complexity index is 763. The maximum atomic E-state index is 13.8. The third-order valence-electron chi connectivity index (χ3n) is 3.37. The van der Waals surface area contributed by atoms with Crippen LogP contribution in [0.2, 0.25) is 0 Å². The van der Waals surface area contributed by atoms with Crippen LogP contribution < -0.4 is 9.64 Å².